The third-order valence-electron chi connectivity index (χ3n) is 3.32. The predicted octanol–water partition coefficient (Wildman–Crippen LogP) is 2.77. The first-order chi connectivity index (χ1) is 9.54. The van der Waals surface area contributed by atoms with Gasteiger partial charge in [-0.2, -0.15) is 11.8 Å². The molecule has 0 aliphatic carbocycles. The van der Waals surface area contributed by atoms with Gasteiger partial charge < -0.3 is 15.4 Å². The summed E-state index contributed by atoms with van der Waals surface area (Å²) < 4.78 is 5.76. The summed E-state index contributed by atoms with van der Waals surface area (Å²) in [5.74, 6) is 2.02. The Bertz CT molecular complexity index is 426. The highest BCUT2D eigenvalue weighted by Gasteiger charge is 2.08. The molecule has 0 saturated heterocycles. The fourth-order valence-electron chi connectivity index (χ4n) is 1.78. The van der Waals surface area contributed by atoms with Gasteiger partial charge in [0.15, 0.2) is 0 Å². The van der Waals surface area contributed by atoms with Crippen molar-refractivity contribution in [3.05, 3.63) is 29.8 Å². The average molecular weight is 313 g/mol. The number of hydrogen-bond donors (Lipinski definition) is 1. The lowest BCUT2D eigenvalue weighted by Crippen LogP contribution is -2.33. The highest BCUT2D eigenvalue weighted by atomic mass is 32.2. The minimum Gasteiger partial charge on any atom is -0.492 e. The Morgan fingerprint density at radius 3 is 2.90 bits per heavy atom. The van der Waals surface area contributed by atoms with Crippen molar-refractivity contribution in [2.45, 2.75) is 19.4 Å². The zero-order valence-corrected chi connectivity index (χ0v) is 14.1. The Morgan fingerprint density at radius 2 is 2.25 bits per heavy atom. The number of ether oxygens (including phenoxy) is 1. The second kappa shape index (κ2) is 9.21. The van der Waals surface area contributed by atoms with Gasteiger partial charge >= 0.3 is 0 Å². The van der Waals surface area contributed by atoms with Gasteiger partial charge in [0.1, 0.15) is 17.3 Å². The Labute approximate surface area is 131 Å². The summed E-state index contributed by atoms with van der Waals surface area (Å²) in [6, 6.07) is 8.20. The number of nitrogens with zero attached hydrogens (tertiary/aromatic N) is 1. The molecule has 0 heterocycles. The van der Waals surface area contributed by atoms with E-state index in [0.29, 0.717) is 17.6 Å². The molecule has 0 aliphatic rings. The predicted molar refractivity (Wildman–Crippen MR) is 92.9 cm³/mol. The fraction of sp³-hybridized carbons (Fsp3) is 0.533. The summed E-state index contributed by atoms with van der Waals surface area (Å²) >= 11 is 6.85. The molecular weight excluding hydrogens is 288 g/mol. The Morgan fingerprint density at radius 1 is 1.50 bits per heavy atom. The van der Waals surface area contributed by atoms with Crippen LogP contribution in [0.25, 0.3) is 0 Å². The van der Waals surface area contributed by atoms with Gasteiger partial charge in [0.05, 0.1) is 0 Å². The molecule has 0 radical (unpaired) electrons. The molecule has 2 N–H and O–H groups in total. The molecule has 0 aromatic heterocycles. The van der Waals surface area contributed by atoms with Gasteiger partial charge in [-0.05, 0) is 44.5 Å². The van der Waals surface area contributed by atoms with E-state index in [1.165, 1.54) is 12.2 Å². The van der Waals surface area contributed by atoms with Crippen LogP contribution in [0.2, 0.25) is 0 Å². The van der Waals surface area contributed by atoms with Gasteiger partial charge in [-0.1, -0.05) is 24.4 Å². The van der Waals surface area contributed by atoms with Crippen molar-refractivity contribution in [1.82, 2.24) is 4.90 Å². The highest BCUT2D eigenvalue weighted by molar-refractivity contribution is 7.98. The molecule has 1 atom stereocenters. The Kier molecular flexibility index (Phi) is 7.95. The number of thioether (sulfide) groups is 1. The molecule has 0 bridgehead atoms. The SMILES string of the molecule is CSCCC(C)N(C)CCOc1cccc(C(N)=S)c1. The Hall–Kier alpha value is -0.780. The van der Waals surface area contributed by atoms with Crippen molar-refractivity contribution in [3.8, 4) is 5.75 Å². The summed E-state index contributed by atoms with van der Waals surface area (Å²) in [6.07, 6.45) is 3.35. The highest BCUT2D eigenvalue weighted by Crippen LogP contribution is 2.13. The molecule has 0 saturated carbocycles. The average Bonchev–Trinajstić information content (AvgIpc) is 2.44. The van der Waals surface area contributed by atoms with Crippen LogP contribution < -0.4 is 10.5 Å². The van der Waals surface area contributed by atoms with Crippen LogP contribution in [-0.2, 0) is 0 Å². The molecule has 1 rings (SSSR count). The van der Waals surface area contributed by atoms with Gasteiger partial charge in [-0.15, -0.1) is 0 Å². The third-order valence-corrected chi connectivity index (χ3v) is 4.20. The van der Waals surface area contributed by atoms with Gasteiger partial charge in [0.25, 0.3) is 0 Å². The van der Waals surface area contributed by atoms with Gasteiger partial charge in [0.2, 0.25) is 0 Å². The number of thiocarbonyl (C=S) groups is 1. The van der Waals surface area contributed by atoms with Crippen molar-refractivity contribution in [1.29, 1.82) is 0 Å². The van der Waals surface area contributed by atoms with Gasteiger partial charge in [-0.25, -0.2) is 0 Å². The topological polar surface area (TPSA) is 38.5 Å². The molecule has 1 aromatic rings. The molecule has 3 nitrogen and oxygen atoms in total. The molecule has 0 aliphatic heterocycles. The van der Waals surface area contributed by atoms with Gasteiger partial charge in [-0.3, -0.25) is 0 Å². The maximum atomic E-state index is 5.76. The van der Waals surface area contributed by atoms with E-state index in [1.54, 1.807) is 0 Å². The number of benzene rings is 1. The molecular formula is C15H24N2OS2. The number of hydrogen-bond acceptors (Lipinski definition) is 4. The third kappa shape index (κ3) is 6.11. The summed E-state index contributed by atoms with van der Waals surface area (Å²) in [7, 11) is 2.14. The first-order valence-electron chi connectivity index (χ1n) is 6.76. The van der Waals surface area contributed by atoms with E-state index >= 15 is 0 Å². The number of rotatable bonds is 9. The lowest BCUT2D eigenvalue weighted by atomic mass is 10.2. The maximum Gasteiger partial charge on any atom is 0.120 e. The zero-order chi connectivity index (χ0) is 15.0. The van der Waals surface area contributed by atoms with Crippen LogP contribution in [0.4, 0.5) is 0 Å². The van der Waals surface area contributed by atoms with E-state index < -0.39 is 0 Å². The van der Waals surface area contributed by atoms with Crippen molar-refractivity contribution < 1.29 is 4.74 Å². The fourth-order valence-corrected chi connectivity index (χ4v) is 2.48. The maximum absolute atomic E-state index is 5.76. The monoisotopic (exact) mass is 312 g/mol. The normalized spacial score (nSPS) is 12.4. The van der Waals surface area contributed by atoms with Crippen molar-refractivity contribution >= 4 is 29.0 Å². The minimum atomic E-state index is 0.401. The smallest absolute Gasteiger partial charge is 0.120 e. The number of nitrogens with two attached hydrogens (primary N) is 1. The summed E-state index contributed by atoms with van der Waals surface area (Å²) in [5.41, 5.74) is 6.46. The van der Waals surface area contributed by atoms with E-state index in [9.17, 15) is 0 Å². The molecule has 1 unspecified atom stereocenters. The second-order valence-electron chi connectivity index (χ2n) is 4.85. The zero-order valence-electron chi connectivity index (χ0n) is 12.5. The standard InChI is InChI=1S/C15H24N2OS2/c1-12(7-10-20-3)17(2)8-9-18-14-6-4-5-13(11-14)15(16)19/h4-6,11-12H,7-10H2,1-3H3,(H2,16,19). The molecule has 5 heteroatoms. The van der Waals surface area contributed by atoms with Crippen LogP contribution in [0, 0.1) is 0 Å². The van der Waals surface area contributed by atoms with Crippen LogP contribution in [0.15, 0.2) is 24.3 Å². The van der Waals surface area contributed by atoms with Crippen LogP contribution in [0.5, 0.6) is 5.75 Å². The largest absolute Gasteiger partial charge is 0.492 e. The van der Waals surface area contributed by atoms with E-state index in [1.807, 2.05) is 36.0 Å². The molecule has 0 fully saturated rings. The second-order valence-corrected chi connectivity index (χ2v) is 6.28. The summed E-state index contributed by atoms with van der Waals surface area (Å²) in [5, 5.41) is 0. The van der Waals surface area contributed by atoms with E-state index in [0.717, 1.165) is 17.9 Å². The lowest BCUT2D eigenvalue weighted by Gasteiger charge is -2.24. The summed E-state index contributed by atoms with van der Waals surface area (Å²) in [6.45, 7) is 3.83. The molecule has 0 amide bonds. The van der Waals surface area contributed by atoms with Crippen molar-refractivity contribution in [2.75, 3.05) is 32.2 Å². The quantitative estimate of drug-likeness (QED) is 0.710. The lowest BCUT2D eigenvalue weighted by molar-refractivity contribution is 0.197. The minimum absolute atomic E-state index is 0.401. The van der Waals surface area contributed by atoms with Crippen LogP contribution in [0.3, 0.4) is 0 Å². The molecule has 112 valence electrons. The van der Waals surface area contributed by atoms with Crippen LogP contribution >= 0.6 is 24.0 Å². The van der Waals surface area contributed by atoms with E-state index in [2.05, 4.69) is 25.1 Å². The van der Waals surface area contributed by atoms with Gasteiger partial charge in [0, 0.05) is 18.2 Å². The number of likely N-dealkylation sites (N-methyl/N-ethyl adjacent to an activating group) is 1. The van der Waals surface area contributed by atoms with Crippen molar-refractivity contribution in [2.24, 2.45) is 5.73 Å². The van der Waals surface area contributed by atoms with Crippen LogP contribution in [-0.4, -0.2) is 48.1 Å². The first-order valence-corrected chi connectivity index (χ1v) is 8.56. The Balaban J connectivity index is 2.36. The van der Waals surface area contributed by atoms with Crippen LogP contribution in [0.1, 0.15) is 18.9 Å². The molecule has 20 heavy (non-hydrogen) atoms. The van der Waals surface area contributed by atoms with E-state index in [-0.39, 0.29) is 0 Å². The first kappa shape index (κ1) is 17.3. The molecule has 0 spiro atoms. The molecule has 1 aromatic carbocycles. The van der Waals surface area contributed by atoms with E-state index in [4.69, 9.17) is 22.7 Å². The summed E-state index contributed by atoms with van der Waals surface area (Å²) in [4.78, 5) is 2.73. The van der Waals surface area contributed by atoms with Crippen molar-refractivity contribution in [3.63, 3.8) is 0 Å².